The summed E-state index contributed by atoms with van der Waals surface area (Å²) in [4.78, 5) is 21.7. The maximum Gasteiger partial charge on any atom is 0.305 e. The Morgan fingerprint density at radius 2 is 0.837 bits per heavy atom. The molecule has 8 heteroatoms. The molecule has 0 rings (SSSR count). The lowest BCUT2D eigenvalue weighted by Crippen LogP contribution is -2.21. The van der Waals surface area contributed by atoms with E-state index >= 15 is 0 Å². The first-order chi connectivity index (χ1) is 23.9. The molecule has 0 radical (unpaired) electrons. The molecule has 1 unspecified atom stereocenters. The third kappa shape index (κ3) is 55.9. The van der Waals surface area contributed by atoms with Gasteiger partial charge in [0.1, 0.15) is 12.7 Å². The Kier molecular flexibility index (Phi) is 51.0. The standard InChI is InChI=1S/C21H40O4.C18H34O2.C2H6O2/c1-2-3-4-5-6-7-8-9-10-11-12-13-14-15-16-17-21(24)25-19-20(23)18-22;1-2-3-4-5-6-7-8-9-10-11-12-13-14-15-16-17-18(19)20;3-1-2-4/h9-10,20,22-23H,2-8,11-19H2,1H3;9-10H,2-8,11-17H2,1H3,(H,19,20);3-4H,1-2H2/b2*10-9-;. The van der Waals surface area contributed by atoms with Crippen molar-refractivity contribution in [3.63, 3.8) is 0 Å². The van der Waals surface area contributed by atoms with Crippen molar-refractivity contribution >= 4 is 11.9 Å². The lowest BCUT2D eigenvalue weighted by Gasteiger charge is -2.08. The second kappa shape index (κ2) is 48.4. The Morgan fingerprint density at radius 3 is 1.16 bits per heavy atom. The molecule has 0 aromatic rings. The van der Waals surface area contributed by atoms with Crippen molar-refractivity contribution in [3.8, 4) is 0 Å². The van der Waals surface area contributed by atoms with Crippen LogP contribution in [0.5, 0.6) is 0 Å². The number of carbonyl (C=O) groups excluding carboxylic acids is 1. The Bertz CT molecular complexity index is 693. The molecule has 5 N–H and O–H groups in total. The predicted molar refractivity (Wildman–Crippen MR) is 205 cm³/mol. The summed E-state index contributed by atoms with van der Waals surface area (Å²) in [6.45, 7) is 3.78. The fourth-order valence-corrected chi connectivity index (χ4v) is 5.00. The second-order valence-corrected chi connectivity index (χ2v) is 13.0. The lowest BCUT2D eigenvalue weighted by atomic mass is 10.1. The van der Waals surface area contributed by atoms with Crippen molar-refractivity contribution in [3.05, 3.63) is 24.3 Å². The van der Waals surface area contributed by atoms with Crippen LogP contribution in [0.25, 0.3) is 0 Å². The van der Waals surface area contributed by atoms with Crippen molar-refractivity contribution < 1.29 is 39.9 Å². The van der Waals surface area contributed by atoms with E-state index in [4.69, 9.17) is 30.3 Å². The van der Waals surface area contributed by atoms with Crippen LogP contribution in [-0.2, 0) is 14.3 Å². The summed E-state index contributed by atoms with van der Waals surface area (Å²) < 4.78 is 4.86. The molecular weight excluding hydrogens is 620 g/mol. The van der Waals surface area contributed by atoms with Gasteiger partial charge in [0.2, 0.25) is 0 Å². The quantitative estimate of drug-likeness (QED) is 0.0253. The SMILES string of the molecule is CCCCCCCC/C=C\CCCCCCCC(=O)O.CCCCCCCC/C=C\CCCCCCCC(=O)OCC(O)CO.OCCO. The summed E-state index contributed by atoms with van der Waals surface area (Å²) in [7, 11) is 0. The van der Waals surface area contributed by atoms with Gasteiger partial charge in [0.05, 0.1) is 19.8 Å². The number of unbranched alkanes of at least 4 members (excludes halogenated alkanes) is 22. The van der Waals surface area contributed by atoms with E-state index in [1.807, 2.05) is 0 Å². The van der Waals surface area contributed by atoms with Gasteiger partial charge in [-0.1, -0.05) is 141 Å². The van der Waals surface area contributed by atoms with Gasteiger partial charge in [-0.25, -0.2) is 0 Å². The molecule has 0 heterocycles. The van der Waals surface area contributed by atoms with Crippen LogP contribution in [-0.4, -0.2) is 70.0 Å². The van der Waals surface area contributed by atoms with Crippen molar-refractivity contribution in [1.82, 2.24) is 0 Å². The summed E-state index contributed by atoms with van der Waals surface area (Å²) in [5, 5.41) is 41.5. The molecule has 0 aliphatic rings. The molecule has 0 fully saturated rings. The van der Waals surface area contributed by atoms with E-state index in [-0.39, 0.29) is 32.4 Å². The van der Waals surface area contributed by atoms with Gasteiger partial charge in [0.15, 0.2) is 0 Å². The van der Waals surface area contributed by atoms with Gasteiger partial charge in [-0.2, -0.15) is 0 Å². The minimum Gasteiger partial charge on any atom is -0.481 e. The van der Waals surface area contributed by atoms with Crippen LogP contribution in [0.2, 0.25) is 0 Å². The van der Waals surface area contributed by atoms with E-state index in [0.717, 1.165) is 38.5 Å². The van der Waals surface area contributed by atoms with Gasteiger partial charge in [-0.3, -0.25) is 9.59 Å². The number of carboxylic acid groups (broad SMARTS) is 1. The fourth-order valence-electron chi connectivity index (χ4n) is 5.00. The zero-order valence-electron chi connectivity index (χ0n) is 32.0. The van der Waals surface area contributed by atoms with E-state index in [1.165, 1.54) is 128 Å². The maximum atomic E-state index is 11.4. The number of rotatable bonds is 34. The molecular formula is C41H80O8. The zero-order valence-corrected chi connectivity index (χ0v) is 32.0. The summed E-state index contributed by atoms with van der Waals surface area (Å²) in [5.74, 6) is -0.951. The van der Waals surface area contributed by atoms with Gasteiger partial charge in [-0.15, -0.1) is 0 Å². The third-order valence-electron chi connectivity index (χ3n) is 8.04. The highest BCUT2D eigenvalue weighted by Gasteiger charge is 2.07. The fraction of sp³-hybridized carbons (Fsp3) is 0.854. The van der Waals surface area contributed by atoms with Gasteiger partial charge in [0, 0.05) is 12.8 Å². The summed E-state index contributed by atoms with van der Waals surface area (Å²) in [6, 6.07) is 0. The zero-order chi connectivity index (χ0) is 36.9. The molecule has 0 bridgehead atoms. The smallest absolute Gasteiger partial charge is 0.305 e. The number of carbonyl (C=O) groups is 2. The molecule has 0 aromatic carbocycles. The minimum atomic E-state index is -0.960. The van der Waals surface area contributed by atoms with Crippen LogP contribution in [0.15, 0.2) is 24.3 Å². The van der Waals surface area contributed by atoms with Crippen LogP contribution < -0.4 is 0 Å². The van der Waals surface area contributed by atoms with Gasteiger partial charge >= 0.3 is 11.9 Å². The number of allylic oxidation sites excluding steroid dienone is 4. The Balaban J connectivity index is -0.000000792. The summed E-state index contributed by atoms with van der Waals surface area (Å²) in [6.07, 6.45) is 41.3. The minimum absolute atomic E-state index is 0.111. The predicted octanol–water partition coefficient (Wildman–Crippen LogP) is 10.00. The molecule has 0 aromatic heterocycles. The Hall–Kier alpha value is -1.74. The molecule has 0 aliphatic heterocycles. The number of ether oxygens (including phenoxy) is 1. The first-order valence-electron chi connectivity index (χ1n) is 20.1. The number of hydrogen-bond acceptors (Lipinski definition) is 7. The van der Waals surface area contributed by atoms with Crippen LogP contribution in [0.4, 0.5) is 0 Å². The number of esters is 1. The molecule has 0 amide bonds. The van der Waals surface area contributed by atoms with Gasteiger partial charge in [0.25, 0.3) is 0 Å². The van der Waals surface area contributed by atoms with E-state index in [0.29, 0.717) is 12.8 Å². The van der Waals surface area contributed by atoms with E-state index < -0.39 is 12.1 Å². The topological polar surface area (TPSA) is 145 Å². The molecule has 1 atom stereocenters. The second-order valence-electron chi connectivity index (χ2n) is 13.0. The molecule has 0 aliphatic carbocycles. The normalized spacial score (nSPS) is 11.6. The van der Waals surface area contributed by atoms with E-state index in [9.17, 15) is 9.59 Å². The van der Waals surface area contributed by atoms with Crippen molar-refractivity contribution in [2.45, 2.75) is 200 Å². The highest BCUT2D eigenvalue weighted by molar-refractivity contribution is 5.69. The van der Waals surface area contributed by atoms with Gasteiger partial charge in [-0.05, 0) is 64.2 Å². The van der Waals surface area contributed by atoms with Gasteiger partial charge < -0.3 is 30.3 Å². The highest BCUT2D eigenvalue weighted by Crippen LogP contribution is 2.11. The van der Waals surface area contributed by atoms with Crippen molar-refractivity contribution in [1.29, 1.82) is 0 Å². The number of aliphatic carboxylic acids is 1. The average molecular weight is 701 g/mol. The van der Waals surface area contributed by atoms with Crippen LogP contribution >= 0.6 is 0 Å². The number of aliphatic hydroxyl groups is 4. The maximum absolute atomic E-state index is 11.4. The number of carboxylic acids is 1. The largest absolute Gasteiger partial charge is 0.481 e. The molecule has 0 saturated carbocycles. The monoisotopic (exact) mass is 701 g/mol. The lowest BCUT2D eigenvalue weighted by molar-refractivity contribution is -0.147. The first kappa shape index (κ1) is 51.6. The molecule has 8 nitrogen and oxygen atoms in total. The first-order valence-corrected chi connectivity index (χ1v) is 20.1. The van der Waals surface area contributed by atoms with E-state index in [2.05, 4.69) is 38.2 Å². The highest BCUT2D eigenvalue weighted by atomic mass is 16.5. The van der Waals surface area contributed by atoms with Crippen LogP contribution in [0.1, 0.15) is 194 Å². The van der Waals surface area contributed by atoms with Crippen molar-refractivity contribution in [2.75, 3.05) is 26.4 Å². The molecule has 0 saturated heterocycles. The third-order valence-corrected chi connectivity index (χ3v) is 8.04. The Morgan fingerprint density at radius 1 is 0.510 bits per heavy atom. The number of hydrogen-bond donors (Lipinski definition) is 5. The average Bonchev–Trinajstić information content (AvgIpc) is 3.10. The van der Waals surface area contributed by atoms with E-state index in [1.54, 1.807) is 0 Å². The number of aliphatic hydroxyl groups excluding tert-OH is 4. The molecule has 292 valence electrons. The van der Waals surface area contributed by atoms with Crippen LogP contribution in [0.3, 0.4) is 0 Å². The van der Waals surface area contributed by atoms with Crippen LogP contribution in [0, 0.1) is 0 Å². The molecule has 0 spiro atoms. The van der Waals surface area contributed by atoms with Crippen molar-refractivity contribution in [2.24, 2.45) is 0 Å². The summed E-state index contributed by atoms with van der Waals surface area (Å²) >= 11 is 0. The Labute approximate surface area is 301 Å². The summed E-state index contributed by atoms with van der Waals surface area (Å²) in [5.41, 5.74) is 0. The molecule has 49 heavy (non-hydrogen) atoms.